The number of sulfone groups is 1. The van der Waals surface area contributed by atoms with E-state index in [4.69, 9.17) is 0 Å². The summed E-state index contributed by atoms with van der Waals surface area (Å²) in [5.74, 6) is 0. The third-order valence-corrected chi connectivity index (χ3v) is 3.65. The number of aliphatic hydroxyl groups excluding tert-OH is 1. The van der Waals surface area contributed by atoms with Gasteiger partial charge in [0.15, 0.2) is 9.84 Å². The van der Waals surface area contributed by atoms with Crippen molar-refractivity contribution >= 4 is 9.84 Å². The fraction of sp³-hybridized carbons (Fsp3) is 0.167. The summed E-state index contributed by atoms with van der Waals surface area (Å²) in [6, 6.07) is 6.09. The smallest absolute Gasteiger partial charge is 0.175 e. The van der Waals surface area contributed by atoms with Crippen molar-refractivity contribution in [2.24, 2.45) is 0 Å². The lowest BCUT2D eigenvalue weighted by atomic mass is 10.0. The first-order chi connectivity index (χ1) is 8.48. The van der Waals surface area contributed by atoms with Crippen molar-refractivity contribution in [3.05, 3.63) is 54.1 Å². The van der Waals surface area contributed by atoms with Crippen molar-refractivity contribution < 1.29 is 13.5 Å². The number of rotatable bonds is 3. The highest BCUT2D eigenvalue weighted by Crippen LogP contribution is 2.21. The maximum Gasteiger partial charge on any atom is 0.175 e. The Balaban J connectivity index is 2.31. The summed E-state index contributed by atoms with van der Waals surface area (Å²) >= 11 is 0. The number of aromatic nitrogens is 2. The Hall–Kier alpha value is -1.79. The van der Waals surface area contributed by atoms with Crippen LogP contribution < -0.4 is 0 Å². The minimum absolute atomic E-state index is 0.225. The van der Waals surface area contributed by atoms with E-state index < -0.39 is 15.9 Å². The molecule has 1 unspecified atom stereocenters. The van der Waals surface area contributed by atoms with Crippen LogP contribution >= 0.6 is 0 Å². The maximum atomic E-state index is 11.3. The minimum Gasteiger partial charge on any atom is -0.384 e. The van der Waals surface area contributed by atoms with Crippen molar-refractivity contribution in [2.75, 3.05) is 6.26 Å². The van der Waals surface area contributed by atoms with Crippen molar-refractivity contribution in [1.82, 2.24) is 9.97 Å². The van der Waals surface area contributed by atoms with Gasteiger partial charge in [0.2, 0.25) is 0 Å². The summed E-state index contributed by atoms with van der Waals surface area (Å²) in [4.78, 5) is 7.87. The first-order valence-electron chi connectivity index (χ1n) is 5.21. The van der Waals surface area contributed by atoms with Gasteiger partial charge in [-0.05, 0) is 17.7 Å². The van der Waals surface area contributed by atoms with Gasteiger partial charge in [0, 0.05) is 24.2 Å². The van der Waals surface area contributed by atoms with Crippen LogP contribution in [-0.2, 0) is 9.84 Å². The van der Waals surface area contributed by atoms with Gasteiger partial charge in [-0.1, -0.05) is 12.1 Å². The highest BCUT2D eigenvalue weighted by Gasteiger charge is 2.12. The Bertz CT molecular complexity index is 624. The van der Waals surface area contributed by atoms with Crippen molar-refractivity contribution in [3.8, 4) is 0 Å². The fourth-order valence-corrected chi connectivity index (χ4v) is 2.17. The molecule has 0 saturated carbocycles. The molecular weight excluding hydrogens is 252 g/mol. The molecule has 1 N–H and O–H groups in total. The normalized spacial score (nSPS) is 13.2. The molecule has 0 aliphatic carbocycles. The summed E-state index contributed by atoms with van der Waals surface area (Å²) in [6.45, 7) is 0. The van der Waals surface area contributed by atoms with Crippen LogP contribution in [0.3, 0.4) is 0 Å². The molecule has 0 fully saturated rings. The summed E-state index contributed by atoms with van der Waals surface area (Å²) in [6.07, 6.45) is 4.69. The molecule has 0 bridgehead atoms. The summed E-state index contributed by atoms with van der Waals surface area (Å²) in [5, 5.41) is 10.1. The Kier molecular flexibility index (Phi) is 3.40. The number of nitrogens with zero attached hydrogens (tertiary/aromatic N) is 2. The van der Waals surface area contributed by atoms with Crippen molar-refractivity contribution in [3.63, 3.8) is 0 Å². The van der Waals surface area contributed by atoms with Gasteiger partial charge in [-0.15, -0.1) is 0 Å². The summed E-state index contributed by atoms with van der Waals surface area (Å²) in [7, 11) is -3.22. The minimum atomic E-state index is -3.22. The monoisotopic (exact) mass is 264 g/mol. The largest absolute Gasteiger partial charge is 0.384 e. The Morgan fingerprint density at radius 3 is 2.11 bits per heavy atom. The van der Waals surface area contributed by atoms with Crippen LogP contribution in [0.25, 0.3) is 0 Å². The quantitative estimate of drug-likeness (QED) is 0.893. The third-order valence-electron chi connectivity index (χ3n) is 2.52. The van der Waals surface area contributed by atoms with Crippen LogP contribution in [0, 0.1) is 0 Å². The molecule has 0 aliphatic heterocycles. The van der Waals surface area contributed by atoms with Crippen LogP contribution in [0.15, 0.2) is 47.9 Å². The molecule has 1 atom stereocenters. The molecule has 1 heterocycles. The van der Waals surface area contributed by atoms with E-state index in [1.165, 1.54) is 30.9 Å². The molecule has 94 valence electrons. The predicted octanol–water partition coefficient (Wildman–Crippen LogP) is 0.962. The zero-order valence-corrected chi connectivity index (χ0v) is 10.5. The van der Waals surface area contributed by atoms with Gasteiger partial charge in [0.05, 0.1) is 4.90 Å². The van der Waals surface area contributed by atoms with Crippen LogP contribution in [0.5, 0.6) is 0 Å². The van der Waals surface area contributed by atoms with Crippen molar-refractivity contribution in [2.45, 2.75) is 11.0 Å². The highest BCUT2D eigenvalue weighted by molar-refractivity contribution is 7.90. The second kappa shape index (κ2) is 4.83. The van der Waals surface area contributed by atoms with E-state index in [1.54, 1.807) is 12.1 Å². The molecule has 18 heavy (non-hydrogen) atoms. The van der Waals surface area contributed by atoms with Crippen LogP contribution in [0.2, 0.25) is 0 Å². The average molecular weight is 264 g/mol. The van der Waals surface area contributed by atoms with E-state index in [2.05, 4.69) is 9.97 Å². The number of hydrogen-bond donors (Lipinski definition) is 1. The van der Waals surface area contributed by atoms with E-state index in [1.807, 2.05) is 0 Å². The SMILES string of the molecule is CS(=O)(=O)c1ccc(C(O)c2cncnc2)cc1. The van der Waals surface area contributed by atoms with Crippen LogP contribution in [0.1, 0.15) is 17.2 Å². The van der Waals surface area contributed by atoms with Gasteiger partial charge in [-0.25, -0.2) is 18.4 Å². The molecular formula is C12H12N2O3S. The zero-order valence-electron chi connectivity index (χ0n) is 9.69. The van der Waals surface area contributed by atoms with Gasteiger partial charge in [0.1, 0.15) is 12.4 Å². The molecule has 0 spiro atoms. The number of hydrogen-bond acceptors (Lipinski definition) is 5. The van der Waals surface area contributed by atoms with Crippen LogP contribution in [0.4, 0.5) is 0 Å². The first-order valence-corrected chi connectivity index (χ1v) is 7.10. The van der Waals surface area contributed by atoms with Crippen molar-refractivity contribution in [1.29, 1.82) is 0 Å². The molecule has 1 aromatic heterocycles. The van der Waals surface area contributed by atoms with E-state index in [0.717, 1.165) is 6.26 Å². The van der Waals surface area contributed by atoms with Gasteiger partial charge < -0.3 is 5.11 Å². The fourth-order valence-electron chi connectivity index (χ4n) is 1.54. The average Bonchev–Trinajstić information content (AvgIpc) is 2.38. The zero-order chi connectivity index (χ0) is 13.2. The molecule has 2 rings (SSSR count). The second-order valence-corrected chi connectivity index (χ2v) is 5.93. The van der Waals surface area contributed by atoms with E-state index >= 15 is 0 Å². The van der Waals surface area contributed by atoms with E-state index in [-0.39, 0.29) is 4.90 Å². The number of benzene rings is 1. The third kappa shape index (κ3) is 2.72. The molecule has 0 radical (unpaired) electrons. The summed E-state index contributed by atoms with van der Waals surface area (Å²) < 4.78 is 22.6. The Morgan fingerprint density at radius 2 is 1.61 bits per heavy atom. The maximum absolute atomic E-state index is 11.3. The number of aliphatic hydroxyl groups is 1. The lowest BCUT2D eigenvalue weighted by Gasteiger charge is -2.10. The molecule has 5 nitrogen and oxygen atoms in total. The van der Waals surface area contributed by atoms with E-state index in [0.29, 0.717) is 11.1 Å². The van der Waals surface area contributed by atoms with Gasteiger partial charge in [0.25, 0.3) is 0 Å². The predicted molar refractivity (Wildman–Crippen MR) is 65.6 cm³/mol. The second-order valence-electron chi connectivity index (χ2n) is 3.92. The van der Waals surface area contributed by atoms with Gasteiger partial charge in [-0.3, -0.25) is 0 Å². The summed E-state index contributed by atoms with van der Waals surface area (Å²) in [5.41, 5.74) is 1.15. The Labute approximate surface area is 105 Å². The van der Waals surface area contributed by atoms with E-state index in [9.17, 15) is 13.5 Å². The van der Waals surface area contributed by atoms with Gasteiger partial charge >= 0.3 is 0 Å². The first kappa shape index (κ1) is 12.7. The topological polar surface area (TPSA) is 80.2 Å². The van der Waals surface area contributed by atoms with Gasteiger partial charge in [-0.2, -0.15) is 0 Å². The Morgan fingerprint density at radius 1 is 1.06 bits per heavy atom. The molecule has 2 aromatic rings. The molecule has 1 aromatic carbocycles. The molecule has 0 aliphatic rings. The van der Waals surface area contributed by atoms with Crippen LogP contribution in [-0.4, -0.2) is 29.7 Å². The standard InChI is InChI=1S/C12H12N2O3S/c1-18(16,17)11-4-2-9(3-5-11)12(15)10-6-13-8-14-7-10/h2-8,12,15H,1H3. The molecule has 0 amide bonds. The lowest BCUT2D eigenvalue weighted by Crippen LogP contribution is -2.02. The molecule has 0 saturated heterocycles. The highest BCUT2D eigenvalue weighted by atomic mass is 32.2. The molecule has 6 heteroatoms. The lowest BCUT2D eigenvalue weighted by molar-refractivity contribution is 0.219.